The molecule has 4 rings (SSSR count). The van der Waals surface area contributed by atoms with Crippen molar-refractivity contribution in [3.05, 3.63) is 53.2 Å². The Morgan fingerprint density at radius 2 is 1.87 bits per heavy atom. The molecule has 0 bridgehead atoms. The molecule has 0 aliphatic carbocycles. The molecule has 1 aliphatic heterocycles. The smallest absolute Gasteiger partial charge is 0.220 e. The maximum absolute atomic E-state index is 12.2. The van der Waals surface area contributed by atoms with Gasteiger partial charge >= 0.3 is 0 Å². The first-order valence-electron chi connectivity index (χ1n) is 10.5. The Morgan fingerprint density at radius 1 is 1.10 bits per heavy atom. The van der Waals surface area contributed by atoms with Crippen molar-refractivity contribution in [1.29, 1.82) is 0 Å². The van der Waals surface area contributed by atoms with Crippen LogP contribution in [0.25, 0.3) is 5.82 Å². The van der Waals surface area contributed by atoms with E-state index in [1.807, 2.05) is 42.8 Å². The highest BCUT2D eigenvalue weighted by molar-refractivity contribution is 5.76. The Balaban J connectivity index is 1.39. The summed E-state index contributed by atoms with van der Waals surface area (Å²) in [5.74, 6) is 2.36. The van der Waals surface area contributed by atoms with E-state index in [1.54, 1.807) is 6.26 Å². The van der Waals surface area contributed by atoms with E-state index >= 15 is 0 Å². The lowest BCUT2D eigenvalue weighted by atomic mass is 10.1. The fourth-order valence-electron chi connectivity index (χ4n) is 3.91. The number of nitrogens with one attached hydrogen (secondary N) is 1. The molecule has 1 N–H and O–H groups in total. The summed E-state index contributed by atoms with van der Waals surface area (Å²) in [7, 11) is 0. The summed E-state index contributed by atoms with van der Waals surface area (Å²) in [6.45, 7) is 6.47. The number of amides is 1. The van der Waals surface area contributed by atoms with Crippen molar-refractivity contribution in [2.24, 2.45) is 0 Å². The Bertz CT molecular complexity index is 972. The number of hydrogen-bond acceptors (Lipinski definition) is 6. The highest BCUT2D eigenvalue weighted by atomic mass is 16.3. The molecule has 0 aromatic carbocycles. The largest absolute Gasteiger partial charge is 0.467 e. The van der Waals surface area contributed by atoms with Crippen LogP contribution < -0.4 is 10.2 Å². The molecule has 8 nitrogen and oxygen atoms in total. The molecule has 0 unspecified atom stereocenters. The van der Waals surface area contributed by atoms with Gasteiger partial charge in [0.25, 0.3) is 0 Å². The number of anilines is 1. The van der Waals surface area contributed by atoms with Gasteiger partial charge in [-0.2, -0.15) is 5.10 Å². The quantitative estimate of drug-likeness (QED) is 0.646. The van der Waals surface area contributed by atoms with Crippen LogP contribution in [0.2, 0.25) is 0 Å². The van der Waals surface area contributed by atoms with Gasteiger partial charge < -0.3 is 14.6 Å². The number of rotatable bonds is 7. The molecule has 3 aromatic heterocycles. The van der Waals surface area contributed by atoms with Crippen molar-refractivity contribution in [3.8, 4) is 5.82 Å². The molecule has 1 aliphatic rings. The summed E-state index contributed by atoms with van der Waals surface area (Å²) in [5, 5.41) is 16.4. The lowest BCUT2D eigenvalue weighted by Crippen LogP contribution is -2.30. The summed E-state index contributed by atoms with van der Waals surface area (Å²) >= 11 is 0. The average Bonchev–Trinajstić information content (AvgIpc) is 3.40. The van der Waals surface area contributed by atoms with Crippen LogP contribution in [0.5, 0.6) is 0 Å². The maximum Gasteiger partial charge on any atom is 0.220 e. The topological polar surface area (TPSA) is 89.1 Å². The minimum atomic E-state index is -0.0105. The van der Waals surface area contributed by atoms with Crippen LogP contribution in [0.15, 0.2) is 34.9 Å². The first kappa shape index (κ1) is 20.1. The molecule has 0 atom stereocenters. The Kier molecular flexibility index (Phi) is 6.11. The molecule has 0 radical (unpaired) electrons. The molecular weight excluding hydrogens is 380 g/mol. The molecule has 158 valence electrons. The molecule has 30 heavy (non-hydrogen) atoms. The van der Waals surface area contributed by atoms with Crippen LogP contribution in [0.4, 0.5) is 5.82 Å². The van der Waals surface area contributed by atoms with Gasteiger partial charge in [0.1, 0.15) is 5.76 Å². The monoisotopic (exact) mass is 408 g/mol. The van der Waals surface area contributed by atoms with Crippen LogP contribution in [0, 0.1) is 13.8 Å². The highest BCUT2D eigenvalue weighted by Crippen LogP contribution is 2.21. The van der Waals surface area contributed by atoms with Crippen LogP contribution >= 0.6 is 0 Å². The van der Waals surface area contributed by atoms with Crippen LogP contribution in [-0.4, -0.2) is 39.0 Å². The number of aromatic nitrogens is 4. The number of carbonyl (C=O) groups is 1. The van der Waals surface area contributed by atoms with Gasteiger partial charge in [-0.25, -0.2) is 4.68 Å². The van der Waals surface area contributed by atoms with Crippen molar-refractivity contribution in [2.75, 3.05) is 18.0 Å². The number of carbonyl (C=O) groups excluding carboxylic acids is 1. The van der Waals surface area contributed by atoms with Crippen molar-refractivity contribution in [3.63, 3.8) is 0 Å². The van der Waals surface area contributed by atoms with Crippen molar-refractivity contribution in [1.82, 2.24) is 25.3 Å². The van der Waals surface area contributed by atoms with E-state index < -0.39 is 0 Å². The third-order valence-corrected chi connectivity index (χ3v) is 5.62. The third kappa shape index (κ3) is 4.53. The fourth-order valence-corrected chi connectivity index (χ4v) is 3.91. The van der Waals surface area contributed by atoms with E-state index in [0.717, 1.165) is 41.6 Å². The van der Waals surface area contributed by atoms with Gasteiger partial charge in [-0.15, -0.1) is 10.2 Å². The van der Waals surface area contributed by atoms with Crippen molar-refractivity contribution < 1.29 is 9.21 Å². The number of nitrogens with zero attached hydrogens (tertiary/aromatic N) is 5. The normalized spacial score (nSPS) is 14.1. The molecule has 8 heteroatoms. The average molecular weight is 409 g/mol. The third-order valence-electron chi connectivity index (χ3n) is 5.62. The van der Waals surface area contributed by atoms with Crippen LogP contribution in [-0.2, 0) is 17.8 Å². The SMILES string of the molecule is Cc1nn(-c2ccc(N3CCCCC3)nn2)c(C)c1CCC(=O)NCc1ccco1. The second-order valence-corrected chi connectivity index (χ2v) is 7.71. The van der Waals surface area contributed by atoms with E-state index in [4.69, 9.17) is 4.42 Å². The van der Waals surface area contributed by atoms with Crippen molar-refractivity contribution >= 4 is 11.7 Å². The molecular formula is C22H28N6O2. The van der Waals surface area contributed by atoms with Gasteiger partial charge in [-0.1, -0.05) is 0 Å². The maximum atomic E-state index is 12.2. The lowest BCUT2D eigenvalue weighted by Gasteiger charge is -2.27. The zero-order chi connectivity index (χ0) is 20.9. The Morgan fingerprint density at radius 3 is 2.57 bits per heavy atom. The predicted octanol–water partition coefficient (Wildman–Crippen LogP) is 3.11. The van der Waals surface area contributed by atoms with E-state index in [-0.39, 0.29) is 5.91 Å². The van der Waals surface area contributed by atoms with Gasteiger partial charge in [0.15, 0.2) is 11.6 Å². The van der Waals surface area contributed by atoms with Gasteiger partial charge in [0.2, 0.25) is 5.91 Å². The fraction of sp³-hybridized carbons (Fsp3) is 0.455. The zero-order valence-corrected chi connectivity index (χ0v) is 17.6. The summed E-state index contributed by atoms with van der Waals surface area (Å²) in [4.78, 5) is 14.5. The van der Waals surface area contributed by atoms with Crippen LogP contribution in [0.1, 0.15) is 48.4 Å². The predicted molar refractivity (Wildman–Crippen MR) is 114 cm³/mol. The van der Waals surface area contributed by atoms with Gasteiger partial charge in [0.05, 0.1) is 18.5 Å². The standard InChI is InChI=1S/C22H28N6O2/c1-16-19(8-11-22(29)23-15-18-7-6-14-30-18)17(2)28(26-16)21-10-9-20(24-25-21)27-12-4-3-5-13-27/h6-7,9-10,14H,3-5,8,11-13,15H2,1-2H3,(H,23,29). The molecule has 4 heterocycles. The minimum absolute atomic E-state index is 0.0105. The molecule has 0 saturated carbocycles. The summed E-state index contributed by atoms with van der Waals surface area (Å²) in [5.41, 5.74) is 2.98. The Labute approximate surface area is 176 Å². The molecule has 1 fully saturated rings. The van der Waals surface area contributed by atoms with Gasteiger partial charge in [-0.3, -0.25) is 4.79 Å². The number of furan rings is 1. The molecule has 3 aromatic rings. The minimum Gasteiger partial charge on any atom is -0.467 e. The molecule has 0 spiro atoms. The second-order valence-electron chi connectivity index (χ2n) is 7.71. The van der Waals surface area contributed by atoms with E-state index in [0.29, 0.717) is 25.2 Å². The van der Waals surface area contributed by atoms with Crippen molar-refractivity contribution in [2.45, 2.75) is 52.5 Å². The first-order valence-corrected chi connectivity index (χ1v) is 10.5. The van der Waals surface area contributed by atoms with Crippen LogP contribution in [0.3, 0.4) is 0 Å². The summed E-state index contributed by atoms with van der Waals surface area (Å²) in [6.07, 6.45) is 6.33. The molecule has 1 amide bonds. The number of hydrogen-bond donors (Lipinski definition) is 1. The summed E-state index contributed by atoms with van der Waals surface area (Å²) < 4.78 is 7.06. The van der Waals surface area contributed by atoms with Gasteiger partial charge in [-0.05, 0) is 69.4 Å². The van der Waals surface area contributed by atoms with E-state index in [1.165, 1.54) is 19.3 Å². The lowest BCUT2D eigenvalue weighted by molar-refractivity contribution is -0.121. The first-order chi connectivity index (χ1) is 14.6. The van der Waals surface area contributed by atoms with E-state index in [9.17, 15) is 4.79 Å². The van der Waals surface area contributed by atoms with Gasteiger partial charge in [0, 0.05) is 25.2 Å². The summed E-state index contributed by atoms with van der Waals surface area (Å²) in [6, 6.07) is 7.64. The Hall–Kier alpha value is -3.16. The number of aryl methyl sites for hydroxylation is 1. The second kappa shape index (κ2) is 9.11. The van der Waals surface area contributed by atoms with E-state index in [2.05, 4.69) is 25.5 Å². The molecule has 1 saturated heterocycles. The highest BCUT2D eigenvalue weighted by Gasteiger charge is 2.17. The zero-order valence-electron chi connectivity index (χ0n) is 17.6. The number of piperidine rings is 1.